The van der Waals surface area contributed by atoms with Crippen LogP contribution in [0.15, 0.2) is 29.3 Å². The van der Waals surface area contributed by atoms with Crippen LogP contribution in [0.5, 0.6) is 0 Å². The van der Waals surface area contributed by atoms with Gasteiger partial charge in [0.2, 0.25) is 0 Å². The predicted octanol–water partition coefficient (Wildman–Crippen LogP) is 3.54. The topological polar surface area (TPSA) is 66.9 Å². The minimum atomic E-state index is 0.444. The molecule has 0 saturated heterocycles. The molecule has 2 rings (SSSR count). The third-order valence-electron chi connectivity index (χ3n) is 4.90. The van der Waals surface area contributed by atoms with Crippen LogP contribution >= 0.6 is 0 Å². The Labute approximate surface area is 170 Å². The number of nitrogens with one attached hydrogen (secondary N) is 3. The van der Waals surface area contributed by atoms with Gasteiger partial charge in [0, 0.05) is 32.4 Å². The summed E-state index contributed by atoms with van der Waals surface area (Å²) >= 11 is 0. The molecule has 0 bridgehead atoms. The Bertz CT molecular complexity index is 540. The van der Waals surface area contributed by atoms with E-state index in [0.29, 0.717) is 19.3 Å². The van der Waals surface area contributed by atoms with E-state index in [1.54, 1.807) is 7.11 Å². The highest BCUT2D eigenvalue weighted by Gasteiger charge is 2.12. The van der Waals surface area contributed by atoms with E-state index >= 15 is 0 Å². The van der Waals surface area contributed by atoms with Gasteiger partial charge in [0.15, 0.2) is 5.96 Å². The van der Waals surface area contributed by atoms with E-state index < -0.39 is 0 Å². The monoisotopic (exact) mass is 390 g/mol. The zero-order chi connectivity index (χ0) is 19.9. The number of hydrogen-bond donors (Lipinski definition) is 3. The smallest absolute Gasteiger partial charge is 0.191 e. The first-order valence-electron chi connectivity index (χ1n) is 10.8. The van der Waals surface area contributed by atoms with Gasteiger partial charge in [0.05, 0.1) is 25.9 Å². The Morgan fingerprint density at radius 2 is 1.75 bits per heavy atom. The van der Waals surface area contributed by atoms with Crippen molar-refractivity contribution in [3.05, 3.63) is 29.8 Å². The second-order valence-corrected chi connectivity index (χ2v) is 7.22. The first-order chi connectivity index (χ1) is 13.8. The molecule has 1 aromatic rings. The van der Waals surface area contributed by atoms with Crippen molar-refractivity contribution < 1.29 is 9.47 Å². The molecular formula is C22H38N4O2. The number of aliphatic imine (C=N–C) groups is 1. The van der Waals surface area contributed by atoms with Crippen LogP contribution in [0.4, 0.5) is 5.69 Å². The zero-order valence-electron chi connectivity index (χ0n) is 17.6. The van der Waals surface area contributed by atoms with Crippen LogP contribution in [-0.2, 0) is 16.0 Å². The summed E-state index contributed by atoms with van der Waals surface area (Å²) < 4.78 is 11.1. The average Bonchev–Trinajstić information content (AvgIpc) is 2.99. The van der Waals surface area contributed by atoms with Crippen molar-refractivity contribution in [2.45, 2.75) is 58.1 Å². The maximum atomic E-state index is 6.05. The molecule has 6 heteroatoms. The summed E-state index contributed by atoms with van der Waals surface area (Å²) in [6, 6.07) is 8.39. The molecule has 1 aliphatic rings. The minimum Gasteiger partial charge on any atom is -0.383 e. The van der Waals surface area contributed by atoms with Crippen molar-refractivity contribution in [2.75, 3.05) is 45.3 Å². The van der Waals surface area contributed by atoms with Gasteiger partial charge >= 0.3 is 0 Å². The van der Waals surface area contributed by atoms with E-state index in [2.05, 4.69) is 52.1 Å². The van der Waals surface area contributed by atoms with E-state index in [1.807, 2.05) is 0 Å². The Kier molecular flexibility index (Phi) is 11.4. The average molecular weight is 391 g/mol. The summed E-state index contributed by atoms with van der Waals surface area (Å²) in [5.74, 6) is 0.842. The number of nitrogens with zero attached hydrogens (tertiary/aromatic N) is 1. The van der Waals surface area contributed by atoms with E-state index in [1.165, 1.54) is 44.1 Å². The van der Waals surface area contributed by atoms with Crippen molar-refractivity contribution >= 4 is 11.6 Å². The third-order valence-corrected chi connectivity index (χ3v) is 4.90. The van der Waals surface area contributed by atoms with Crippen LogP contribution in [0.1, 0.15) is 51.0 Å². The highest BCUT2D eigenvalue weighted by molar-refractivity contribution is 5.79. The number of methoxy groups -OCH3 is 1. The van der Waals surface area contributed by atoms with Crippen LogP contribution in [0.3, 0.4) is 0 Å². The lowest BCUT2D eigenvalue weighted by Gasteiger charge is -2.16. The second-order valence-electron chi connectivity index (χ2n) is 7.22. The van der Waals surface area contributed by atoms with Crippen LogP contribution in [-0.4, -0.2) is 52.0 Å². The highest BCUT2D eigenvalue weighted by Crippen LogP contribution is 2.19. The van der Waals surface area contributed by atoms with Gasteiger partial charge in [-0.25, -0.2) is 4.99 Å². The molecule has 0 radical (unpaired) electrons. The molecule has 1 aromatic carbocycles. The molecule has 0 heterocycles. The number of ether oxygens (including phenoxy) is 2. The zero-order valence-corrected chi connectivity index (χ0v) is 17.6. The van der Waals surface area contributed by atoms with Crippen molar-refractivity contribution in [2.24, 2.45) is 4.99 Å². The van der Waals surface area contributed by atoms with Gasteiger partial charge in [-0.2, -0.15) is 0 Å². The molecular weight excluding hydrogens is 352 g/mol. The number of guanidine groups is 1. The fourth-order valence-electron chi connectivity index (χ4n) is 3.34. The van der Waals surface area contributed by atoms with Gasteiger partial charge < -0.3 is 25.4 Å². The normalized spacial score (nSPS) is 15.9. The molecule has 158 valence electrons. The highest BCUT2D eigenvalue weighted by atomic mass is 16.5. The van der Waals surface area contributed by atoms with Gasteiger partial charge in [-0.05, 0) is 37.5 Å². The van der Waals surface area contributed by atoms with Gasteiger partial charge in [-0.1, -0.05) is 37.8 Å². The number of hydrogen-bond acceptors (Lipinski definition) is 4. The van der Waals surface area contributed by atoms with Gasteiger partial charge in [0.25, 0.3) is 0 Å². The van der Waals surface area contributed by atoms with Gasteiger partial charge in [-0.3, -0.25) is 0 Å². The molecule has 1 fully saturated rings. The SMILES string of the molecule is CCNC(=NCc1ccc(NCCOC)cc1)NCCOC1CCCCCC1. The van der Waals surface area contributed by atoms with Gasteiger partial charge in [0.1, 0.15) is 0 Å². The van der Waals surface area contributed by atoms with E-state index in [4.69, 9.17) is 9.47 Å². The van der Waals surface area contributed by atoms with Crippen LogP contribution < -0.4 is 16.0 Å². The standard InChI is InChI=1S/C22H38N4O2/c1-3-23-22(25-15-17-28-21-8-6-4-5-7-9-21)26-18-19-10-12-20(13-11-19)24-14-16-27-2/h10-13,21,24H,3-9,14-18H2,1-2H3,(H2,23,25,26). The predicted molar refractivity (Wildman–Crippen MR) is 117 cm³/mol. The summed E-state index contributed by atoms with van der Waals surface area (Å²) in [5, 5.41) is 10.0. The summed E-state index contributed by atoms with van der Waals surface area (Å²) in [6.07, 6.45) is 8.21. The fourth-order valence-corrected chi connectivity index (χ4v) is 3.34. The van der Waals surface area contributed by atoms with Crippen molar-refractivity contribution in [1.82, 2.24) is 10.6 Å². The number of benzene rings is 1. The second kappa shape index (κ2) is 14.2. The molecule has 0 spiro atoms. The summed E-state index contributed by atoms with van der Waals surface area (Å²) in [6.45, 7) is 6.61. The maximum Gasteiger partial charge on any atom is 0.191 e. The van der Waals surface area contributed by atoms with Crippen molar-refractivity contribution in [3.63, 3.8) is 0 Å². The summed E-state index contributed by atoms with van der Waals surface area (Å²) in [5.41, 5.74) is 2.29. The Hall–Kier alpha value is -1.79. The lowest BCUT2D eigenvalue weighted by molar-refractivity contribution is 0.0468. The van der Waals surface area contributed by atoms with E-state index in [-0.39, 0.29) is 0 Å². The fraction of sp³-hybridized carbons (Fsp3) is 0.682. The Morgan fingerprint density at radius 3 is 2.43 bits per heavy atom. The minimum absolute atomic E-state index is 0.444. The first kappa shape index (κ1) is 22.5. The lowest BCUT2D eigenvalue weighted by Crippen LogP contribution is -2.39. The quantitative estimate of drug-likeness (QED) is 0.233. The van der Waals surface area contributed by atoms with Crippen molar-refractivity contribution in [1.29, 1.82) is 0 Å². The molecule has 0 atom stereocenters. The molecule has 3 N–H and O–H groups in total. The van der Waals surface area contributed by atoms with Crippen LogP contribution in [0.2, 0.25) is 0 Å². The van der Waals surface area contributed by atoms with Crippen molar-refractivity contribution in [3.8, 4) is 0 Å². The molecule has 28 heavy (non-hydrogen) atoms. The molecule has 0 unspecified atom stereocenters. The number of rotatable bonds is 11. The molecule has 1 saturated carbocycles. The largest absolute Gasteiger partial charge is 0.383 e. The van der Waals surface area contributed by atoms with E-state index in [0.717, 1.165) is 37.9 Å². The molecule has 1 aliphatic carbocycles. The molecule has 6 nitrogen and oxygen atoms in total. The Morgan fingerprint density at radius 1 is 1.00 bits per heavy atom. The maximum absolute atomic E-state index is 6.05. The summed E-state index contributed by atoms with van der Waals surface area (Å²) in [7, 11) is 1.71. The van der Waals surface area contributed by atoms with Crippen LogP contribution in [0, 0.1) is 0 Å². The Balaban J connectivity index is 1.71. The lowest BCUT2D eigenvalue weighted by atomic mass is 10.1. The molecule has 0 amide bonds. The third kappa shape index (κ3) is 9.42. The van der Waals surface area contributed by atoms with Gasteiger partial charge in [-0.15, -0.1) is 0 Å². The first-order valence-corrected chi connectivity index (χ1v) is 10.8. The van der Waals surface area contributed by atoms with E-state index in [9.17, 15) is 0 Å². The van der Waals surface area contributed by atoms with Crippen LogP contribution in [0.25, 0.3) is 0 Å². The molecule has 0 aliphatic heterocycles. The number of anilines is 1. The summed E-state index contributed by atoms with van der Waals surface area (Å²) in [4.78, 5) is 4.69. The molecule has 0 aromatic heterocycles.